The van der Waals surface area contributed by atoms with Gasteiger partial charge in [0.05, 0.1) is 11.9 Å². The molecular formula is C22H24N6O4. The summed E-state index contributed by atoms with van der Waals surface area (Å²) >= 11 is 0. The van der Waals surface area contributed by atoms with Crippen LogP contribution in [-0.4, -0.2) is 44.2 Å². The van der Waals surface area contributed by atoms with E-state index in [0.29, 0.717) is 30.2 Å². The first-order valence-electron chi connectivity index (χ1n) is 10.3. The third-order valence-corrected chi connectivity index (χ3v) is 5.35. The zero-order valence-corrected chi connectivity index (χ0v) is 17.9. The summed E-state index contributed by atoms with van der Waals surface area (Å²) in [4.78, 5) is 37.3. The SMILES string of the molecule is COC1(C(=O)NC(=O)Nc2ccc(Oc3ccnc(-n4cnc(C)c4)c3)cn2)CCCC1. The fraction of sp³-hybridized carbons (Fsp3) is 0.318. The van der Waals surface area contributed by atoms with Crippen molar-refractivity contribution >= 4 is 17.8 Å². The lowest BCUT2D eigenvalue weighted by molar-refractivity contribution is -0.141. The molecule has 0 spiro atoms. The maximum Gasteiger partial charge on any atom is 0.327 e. The average molecular weight is 436 g/mol. The number of hydrogen-bond acceptors (Lipinski definition) is 7. The molecule has 0 radical (unpaired) electrons. The second kappa shape index (κ2) is 9.15. The molecule has 1 fully saturated rings. The van der Waals surface area contributed by atoms with Gasteiger partial charge in [-0.25, -0.2) is 19.7 Å². The Bertz CT molecular complexity index is 1110. The van der Waals surface area contributed by atoms with E-state index in [1.807, 2.05) is 13.1 Å². The van der Waals surface area contributed by atoms with Crippen LogP contribution in [0.25, 0.3) is 5.82 Å². The summed E-state index contributed by atoms with van der Waals surface area (Å²) in [5.41, 5.74) is -0.0434. The van der Waals surface area contributed by atoms with Crippen molar-refractivity contribution in [3.05, 3.63) is 54.9 Å². The van der Waals surface area contributed by atoms with Crippen molar-refractivity contribution in [2.75, 3.05) is 12.4 Å². The lowest BCUT2D eigenvalue weighted by Gasteiger charge is -2.25. The van der Waals surface area contributed by atoms with Crippen molar-refractivity contribution in [3.63, 3.8) is 0 Å². The quantitative estimate of drug-likeness (QED) is 0.608. The number of aryl methyl sites for hydroxylation is 1. The van der Waals surface area contributed by atoms with Gasteiger partial charge in [-0.05, 0) is 50.8 Å². The Balaban J connectivity index is 1.35. The molecule has 0 aliphatic heterocycles. The standard InChI is InChI=1S/C22H24N6O4/c1-15-13-28(14-25-15)19-11-16(7-10-23-19)32-17-5-6-18(24-12-17)26-21(30)27-20(29)22(31-2)8-3-4-9-22/h5-7,10-14H,3-4,8-9H2,1-2H3,(H2,24,26,27,29,30). The molecule has 10 heteroatoms. The molecule has 3 aromatic rings. The van der Waals surface area contributed by atoms with Gasteiger partial charge in [-0.1, -0.05) is 0 Å². The van der Waals surface area contributed by atoms with Crippen molar-refractivity contribution in [2.45, 2.75) is 38.2 Å². The van der Waals surface area contributed by atoms with Crippen LogP contribution in [0.15, 0.2) is 49.2 Å². The van der Waals surface area contributed by atoms with Crippen molar-refractivity contribution in [1.29, 1.82) is 0 Å². The van der Waals surface area contributed by atoms with Gasteiger partial charge in [0.1, 0.15) is 35.1 Å². The first-order valence-corrected chi connectivity index (χ1v) is 10.3. The Hall–Kier alpha value is -3.79. The van der Waals surface area contributed by atoms with E-state index < -0.39 is 17.5 Å². The number of nitrogens with one attached hydrogen (secondary N) is 2. The van der Waals surface area contributed by atoms with Crippen LogP contribution in [0.5, 0.6) is 11.5 Å². The van der Waals surface area contributed by atoms with Crippen molar-refractivity contribution < 1.29 is 19.1 Å². The van der Waals surface area contributed by atoms with Gasteiger partial charge in [0.2, 0.25) is 0 Å². The molecule has 3 aromatic heterocycles. The van der Waals surface area contributed by atoms with Crippen LogP contribution in [0.4, 0.5) is 10.6 Å². The van der Waals surface area contributed by atoms with Crippen LogP contribution in [0.2, 0.25) is 0 Å². The molecule has 0 aromatic carbocycles. The molecule has 3 amide bonds. The molecule has 0 atom stereocenters. The number of nitrogens with zero attached hydrogens (tertiary/aromatic N) is 4. The minimum atomic E-state index is -0.929. The van der Waals surface area contributed by atoms with Gasteiger partial charge < -0.3 is 9.47 Å². The largest absolute Gasteiger partial charge is 0.456 e. The summed E-state index contributed by atoms with van der Waals surface area (Å²) in [5.74, 6) is 1.58. The second-order valence-corrected chi connectivity index (χ2v) is 7.57. The van der Waals surface area contributed by atoms with E-state index in [-0.39, 0.29) is 5.82 Å². The number of carbonyl (C=O) groups excluding carboxylic acids is 2. The van der Waals surface area contributed by atoms with Gasteiger partial charge >= 0.3 is 6.03 Å². The number of imide groups is 1. The van der Waals surface area contributed by atoms with Crippen LogP contribution in [0, 0.1) is 6.92 Å². The Kier molecular flexibility index (Phi) is 6.13. The smallest absolute Gasteiger partial charge is 0.327 e. The number of ether oxygens (including phenoxy) is 2. The van der Waals surface area contributed by atoms with Crippen LogP contribution < -0.4 is 15.4 Å². The Labute approximate surface area is 185 Å². The Morgan fingerprint density at radius 2 is 1.91 bits per heavy atom. The maximum absolute atomic E-state index is 12.4. The van der Waals surface area contributed by atoms with Gasteiger partial charge in [0.15, 0.2) is 0 Å². The highest BCUT2D eigenvalue weighted by molar-refractivity contribution is 6.03. The summed E-state index contributed by atoms with van der Waals surface area (Å²) < 4.78 is 13.0. The predicted molar refractivity (Wildman–Crippen MR) is 116 cm³/mol. The van der Waals surface area contributed by atoms with Crippen molar-refractivity contribution in [2.24, 2.45) is 0 Å². The van der Waals surface area contributed by atoms with Gasteiger partial charge in [-0.3, -0.25) is 20.0 Å². The topological polar surface area (TPSA) is 120 Å². The molecular weight excluding hydrogens is 412 g/mol. The van der Waals surface area contributed by atoms with E-state index >= 15 is 0 Å². The van der Waals surface area contributed by atoms with Gasteiger partial charge in [0.25, 0.3) is 5.91 Å². The summed E-state index contributed by atoms with van der Waals surface area (Å²) in [5, 5.41) is 4.89. The molecule has 10 nitrogen and oxygen atoms in total. The van der Waals surface area contributed by atoms with Gasteiger partial charge in [0, 0.05) is 25.6 Å². The van der Waals surface area contributed by atoms with E-state index in [1.165, 1.54) is 13.3 Å². The van der Waals surface area contributed by atoms with Crippen molar-refractivity contribution in [1.82, 2.24) is 24.8 Å². The zero-order chi connectivity index (χ0) is 22.6. The lowest BCUT2D eigenvalue weighted by atomic mass is 10.0. The molecule has 0 bridgehead atoms. The molecule has 0 unspecified atom stereocenters. The first kappa shape index (κ1) is 21.4. The molecule has 1 saturated carbocycles. The molecule has 2 N–H and O–H groups in total. The fourth-order valence-corrected chi connectivity index (χ4v) is 3.64. The number of hydrogen-bond donors (Lipinski definition) is 2. The van der Waals surface area contributed by atoms with Crippen LogP contribution in [0.3, 0.4) is 0 Å². The van der Waals surface area contributed by atoms with Crippen LogP contribution in [-0.2, 0) is 9.53 Å². The van der Waals surface area contributed by atoms with E-state index in [4.69, 9.17) is 9.47 Å². The number of aromatic nitrogens is 4. The third-order valence-electron chi connectivity index (χ3n) is 5.35. The van der Waals surface area contributed by atoms with Crippen LogP contribution in [0.1, 0.15) is 31.4 Å². The highest BCUT2D eigenvalue weighted by Gasteiger charge is 2.42. The molecule has 3 heterocycles. The van der Waals surface area contributed by atoms with Gasteiger partial charge in [-0.2, -0.15) is 0 Å². The molecule has 166 valence electrons. The minimum absolute atomic E-state index is 0.282. The third kappa shape index (κ3) is 4.75. The molecule has 4 rings (SSSR count). The van der Waals surface area contributed by atoms with Crippen LogP contribution >= 0.6 is 0 Å². The predicted octanol–water partition coefficient (Wildman–Crippen LogP) is 3.37. The molecule has 0 saturated heterocycles. The number of imidazole rings is 1. The number of pyridine rings is 2. The first-order chi connectivity index (χ1) is 15.5. The molecule has 1 aliphatic carbocycles. The average Bonchev–Trinajstić information content (AvgIpc) is 3.45. The summed E-state index contributed by atoms with van der Waals surface area (Å²) in [6, 6.07) is 6.10. The van der Waals surface area contributed by atoms with E-state index in [1.54, 1.807) is 41.4 Å². The monoisotopic (exact) mass is 436 g/mol. The van der Waals surface area contributed by atoms with E-state index in [0.717, 1.165) is 18.5 Å². The number of methoxy groups -OCH3 is 1. The number of amides is 3. The highest BCUT2D eigenvalue weighted by Crippen LogP contribution is 2.32. The van der Waals surface area contributed by atoms with E-state index in [9.17, 15) is 9.59 Å². The second-order valence-electron chi connectivity index (χ2n) is 7.57. The molecule has 32 heavy (non-hydrogen) atoms. The summed E-state index contributed by atoms with van der Waals surface area (Å²) in [6.45, 7) is 1.90. The number of rotatable bonds is 6. The number of urea groups is 1. The normalized spacial score (nSPS) is 14.7. The molecule has 1 aliphatic rings. The van der Waals surface area contributed by atoms with Crippen molar-refractivity contribution in [3.8, 4) is 17.3 Å². The minimum Gasteiger partial charge on any atom is -0.456 e. The number of carbonyl (C=O) groups is 2. The summed E-state index contributed by atoms with van der Waals surface area (Å²) in [6.07, 6.45) is 9.66. The maximum atomic E-state index is 12.4. The lowest BCUT2D eigenvalue weighted by Crippen LogP contribution is -2.49. The van der Waals surface area contributed by atoms with E-state index in [2.05, 4.69) is 25.6 Å². The highest BCUT2D eigenvalue weighted by atomic mass is 16.5. The zero-order valence-electron chi connectivity index (χ0n) is 17.9. The summed E-state index contributed by atoms with van der Waals surface area (Å²) in [7, 11) is 1.49. The Morgan fingerprint density at radius 1 is 1.09 bits per heavy atom. The Morgan fingerprint density at radius 3 is 2.56 bits per heavy atom. The van der Waals surface area contributed by atoms with Gasteiger partial charge in [-0.15, -0.1) is 0 Å². The number of anilines is 1. The fourth-order valence-electron chi connectivity index (χ4n) is 3.64.